The number of rotatable bonds is 4. The molecule has 0 spiro atoms. The molecule has 2 N–H and O–H groups in total. The van der Waals surface area contributed by atoms with Crippen molar-refractivity contribution in [3.63, 3.8) is 0 Å². The predicted octanol–water partition coefficient (Wildman–Crippen LogP) is 2.43. The van der Waals surface area contributed by atoms with E-state index in [2.05, 4.69) is 9.88 Å². The van der Waals surface area contributed by atoms with Crippen molar-refractivity contribution >= 4 is 5.82 Å². The third kappa shape index (κ3) is 3.53. The molecular weight excluding hydrogens is 229 g/mol. The van der Waals surface area contributed by atoms with Crippen LogP contribution in [0.2, 0.25) is 0 Å². The summed E-state index contributed by atoms with van der Waals surface area (Å²) in [7, 11) is 1.97. The fourth-order valence-electron chi connectivity index (χ4n) is 1.87. The SMILES string of the molecule is CN(Cc1cccc(F)c1)Cc1cccc(N)n1. The van der Waals surface area contributed by atoms with Crippen LogP contribution in [0, 0.1) is 5.82 Å². The highest BCUT2D eigenvalue weighted by Crippen LogP contribution is 2.09. The minimum atomic E-state index is -0.206. The highest BCUT2D eigenvalue weighted by molar-refractivity contribution is 5.28. The second-order valence-corrected chi connectivity index (χ2v) is 4.36. The topological polar surface area (TPSA) is 42.1 Å². The molecule has 0 atom stereocenters. The molecule has 3 nitrogen and oxygen atoms in total. The van der Waals surface area contributed by atoms with Gasteiger partial charge < -0.3 is 5.73 Å². The molecule has 0 aliphatic heterocycles. The third-order valence-electron chi connectivity index (χ3n) is 2.60. The van der Waals surface area contributed by atoms with Gasteiger partial charge in [-0.05, 0) is 36.9 Å². The first-order chi connectivity index (χ1) is 8.63. The Morgan fingerprint density at radius 2 is 1.94 bits per heavy atom. The van der Waals surface area contributed by atoms with Gasteiger partial charge in [-0.2, -0.15) is 0 Å². The van der Waals surface area contributed by atoms with E-state index in [0.29, 0.717) is 18.9 Å². The van der Waals surface area contributed by atoms with Crippen LogP contribution in [0.1, 0.15) is 11.3 Å². The maximum absolute atomic E-state index is 13.1. The summed E-state index contributed by atoms with van der Waals surface area (Å²) in [4.78, 5) is 6.30. The van der Waals surface area contributed by atoms with E-state index in [1.54, 1.807) is 18.2 Å². The fourth-order valence-corrected chi connectivity index (χ4v) is 1.87. The van der Waals surface area contributed by atoms with Crippen LogP contribution in [0.3, 0.4) is 0 Å². The van der Waals surface area contributed by atoms with E-state index in [1.165, 1.54) is 6.07 Å². The number of halogens is 1. The van der Waals surface area contributed by atoms with E-state index in [0.717, 1.165) is 11.3 Å². The number of nitrogens with two attached hydrogens (primary N) is 1. The van der Waals surface area contributed by atoms with Gasteiger partial charge in [-0.3, -0.25) is 4.90 Å². The van der Waals surface area contributed by atoms with E-state index < -0.39 is 0 Å². The normalized spacial score (nSPS) is 10.8. The van der Waals surface area contributed by atoms with Crippen LogP contribution < -0.4 is 5.73 Å². The first-order valence-electron chi connectivity index (χ1n) is 5.78. The lowest BCUT2D eigenvalue weighted by molar-refractivity contribution is 0.315. The Morgan fingerprint density at radius 1 is 1.17 bits per heavy atom. The molecule has 0 fully saturated rings. The largest absolute Gasteiger partial charge is 0.384 e. The van der Waals surface area contributed by atoms with E-state index in [9.17, 15) is 4.39 Å². The fraction of sp³-hybridized carbons (Fsp3) is 0.214. The summed E-state index contributed by atoms with van der Waals surface area (Å²) < 4.78 is 13.1. The number of hydrogen-bond donors (Lipinski definition) is 1. The van der Waals surface area contributed by atoms with Gasteiger partial charge in [-0.15, -0.1) is 0 Å². The molecule has 1 heterocycles. The minimum Gasteiger partial charge on any atom is -0.384 e. The molecule has 0 saturated carbocycles. The Morgan fingerprint density at radius 3 is 2.67 bits per heavy atom. The van der Waals surface area contributed by atoms with Crippen LogP contribution in [0.15, 0.2) is 42.5 Å². The molecule has 0 unspecified atom stereocenters. The van der Waals surface area contributed by atoms with Gasteiger partial charge in [0.05, 0.1) is 5.69 Å². The van der Waals surface area contributed by atoms with Crippen LogP contribution in [-0.2, 0) is 13.1 Å². The van der Waals surface area contributed by atoms with Crippen molar-refractivity contribution in [3.05, 3.63) is 59.5 Å². The van der Waals surface area contributed by atoms with E-state index in [4.69, 9.17) is 5.73 Å². The van der Waals surface area contributed by atoms with E-state index in [-0.39, 0.29) is 5.82 Å². The highest BCUT2D eigenvalue weighted by Gasteiger charge is 2.04. The van der Waals surface area contributed by atoms with Crippen molar-refractivity contribution in [2.24, 2.45) is 0 Å². The first-order valence-corrected chi connectivity index (χ1v) is 5.78. The summed E-state index contributed by atoms with van der Waals surface area (Å²) in [5, 5.41) is 0. The Hall–Kier alpha value is -1.94. The van der Waals surface area contributed by atoms with Crippen molar-refractivity contribution in [2.45, 2.75) is 13.1 Å². The molecule has 94 valence electrons. The number of nitrogen functional groups attached to an aromatic ring is 1. The lowest BCUT2D eigenvalue weighted by atomic mass is 10.2. The number of hydrogen-bond acceptors (Lipinski definition) is 3. The van der Waals surface area contributed by atoms with Gasteiger partial charge >= 0.3 is 0 Å². The molecule has 0 radical (unpaired) electrons. The summed E-state index contributed by atoms with van der Waals surface area (Å²) in [6, 6.07) is 12.2. The second-order valence-electron chi connectivity index (χ2n) is 4.36. The molecule has 4 heteroatoms. The summed E-state index contributed by atoms with van der Waals surface area (Å²) in [5.41, 5.74) is 7.48. The Bertz CT molecular complexity index is 480. The molecule has 2 rings (SSSR count). The molecule has 0 amide bonds. The van der Waals surface area contributed by atoms with Crippen LogP contribution in [0.5, 0.6) is 0 Å². The molecule has 1 aromatic heterocycles. The zero-order valence-corrected chi connectivity index (χ0v) is 10.3. The van der Waals surface area contributed by atoms with E-state index in [1.807, 2.05) is 25.2 Å². The predicted molar refractivity (Wildman–Crippen MR) is 70.2 cm³/mol. The number of benzene rings is 1. The molecule has 2 aromatic rings. The summed E-state index contributed by atoms with van der Waals surface area (Å²) in [5.74, 6) is 0.314. The zero-order chi connectivity index (χ0) is 13.0. The van der Waals surface area contributed by atoms with E-state index >= 15 is 0 Å². The van der Waals surface area contributed by atoms with Crippen LogP contribution >= 0.6 is 0 Å². The van der Waals surface area contributed by atoms with Gasteiger partial charge in [0.1, 0.15) is 11.6 Å². The van der Waals surface area contributed by atoms with Crippen molar-refractivity contribution in [1.29, 1.82) is 0 Å². The molecule has 18 heavy (non-hydrogen) atoms. The molecule has 1 aromatic carbocycles. The van der Waals surface area contributed by atoms with Crippen molar-refractivity contribution in [2.75, 3.05) is 12.8 Å². The van der Waals surface area contributed by atoms with Crippen molar-refractivity contribution < 1.29 is 4.39 Å². The lowest BCUT2D eigenvalue weighted by Crippen LogP contribution is -2.18. The maximum Gasteiger partial charge on any atom is 0.123 e. The highest BCUT2D eigenvalue weighted by atomic mass is 19.1. The average molecular weight is 245 g/mol. The minimum absolute atomic E-state index is 0.206. The first kappa shape index (κ1) is 12.5. The van der Waals surface area contributed by atoms with Crippen LogP contribution in [0.4, 0.5) is 10.2 Å². The van der Waals surface area contributed by atoms with Crippen LogP contribution in [-0.4, -0.2) is 16.9 Å². The molecular formula is C14H16FN3. The average Bonchev–Trinajstić information content (AvgIpc) is 2.28. The molecule has 0 aliphatic carbocycles. The van der Waals surface area contributed by atoms with Gasteiger partial charge in [0.2, 0.25) is 0 Å². The van der Waals surface area contributed by atoms with Crippen LogP contribution in [0.25, 0.3) is 0 Å². The van der Waals surface area contributed by atoms with Crippen molar-refractivity contribution in [3.8, 4) is 0 Å². The number of pyridine rings is 1. The summed E-state index contributed by atoms with van der Waals surface area (Å²) >= 11 is 0. The summed E-state index contributed by atoms with van der Waals surface area (Å²) in [6.45, 7) is 1.36. The quantitative estimate of drug-likeness (QED) is 0.899. The van der Waals surface area contributed by atoms with Gasteiger partial charge in [-0.1, -0.05) is 18.2 Å². The monoisotopic (exact) mass is 245 g/mol. The summed E-state index contributed by atoms with van der Waals surface area (Å²) in [6.07, 6.45) is 0. The Balaban J connectivity index is 1.98. The number of nitrogens with zero attached hydrogens (tertiary/aromatic N) is 2. The zero-order valence-electron chi connectivity index (χ0n) is 10.3. The Kier molecular flexibility index (Phi) is 3.89. The van der Waals surface area contributed by atoms with Gasteiger partial charge in [-0.25, -0.2) is 9.37 Å². The number of anilines is 1. The number of aromatic nitrogens is 1. The lowest BCUT2D eigenvalue weighted by Gasteiger charge is -2.16. The van der Waals surface area contributed by atoms with Crippen molar-refractivity contribution in [1.82, 2.24) is 9.88 Å². The molecule has 0 bridgehead atoms. The van der Waals surface area contributed by atoms with Gasteiger partial charge in [0, 0.05) is 13.1 Å². The maximum atomic E-state index is 13.1. The third-order valence-corrected chi connectivity index (χ3v) is 2.60. The Labute approximate surface area is 106 Å². The van der Waals surface area contributed by atoms with Gasteiger partial charge in [0.15, 0.2) is 0 Å². The van der Waals surface area contributed by atoms with Gasteiger partial charge in [0.25, 0.3) is 0 Å². The molecule has 0 aliphatic rings. The smallest absolute Gasteiger partial charge is 0.123 e. The second kappa shape index (κ2) is 5.60. The molecule has 0 saturated heterocycles. The standard InChI is InChI=1S/C14H16FN3/c1-18(9-11-4-2-5-12(15)8-11)10-13-6-3-7-14(16)17-13/h2-8H,9-10H2,1H3,(H2,16,17).